The summed E-state index contributed by atoms with van der Waals surface area (Å²) in [6, 6.07) is 0. The van der Waals surface area contributed by atoms with Gasteiger partial charge in [0.15, 0.2) is 0 Å². The highest BCUT2D eigenvalue weighted by Gasteiger charge is 2.01. The molecule has 66 valence electrons. The van der Waals surface area contributed by atoms with Crippen LogP contribution in [0.2, 0.25) is 0 Å². The lowest BCUT2D eigenvalue weighted by molar-refractivity contribution is -0.118. The Kier molecular flexibility index (Phi) is 2.79. The van der Waals surface area contributed by atoms with Gasteiger partial charge in [-0.15, -0.1) is 10.2 Å². The van der Waals surface area contributed by atoms with E-state index >= 15 is 0 Å². The zero-order valence-electron chi connectivity index (χ0n) is 7.13. The second kappa shape index (κ2) is 3.85. The van der Waals surface area contributed by atoms with Crippen LogP contribution < -0.4 is 5.32 Å². The second-order valence-electron chi connectivity index (χ2n) is 2.45. The standard InChI is InChI=1S/C7H11N3O2/c1-5(11)8-4-3-7-10-9-6(2)12-7/h3-4H2,1-2H3,(H,8,11). The molecule has 1 rings (SSSR count). The average Bonchev–Trinajstić information content (AvgIpc) is 2.35. The minimum Gasteiger partial charge on any atom is -0.426 e. The molecule has 0 aliphatic rings. The molecule has 1 aromatic heterocycles. The van der Waals surface area contributed by atoms with Crippen molar-refractivity contribution in [2.45, 2.75) is 20.3 Å². The lowest BCUT2D eigenvalue weighted by Gasteiger charge is -1.96. The van der Waals surface area contributed by atoms with Gasteiger partial charge in [0.1, 0.15) is 0 Å². The van der Waals surface area contributed by atoms with Crippen LogP contribution in [-0.4, -0.2) is 22.6 Å². The molecule has 0 aromatic carbocycles. The molecule has 0 unspecified atom stereocenters. The van der Waals surface area contributed by atoms with Crippen molar-refractivity contribution in [1.29, 1.82) is 0 Å². The molecule has 0 radical (unpaired) electrons. The molecule has 5 nitrogen and oxygen atoms in total. The summed E-state index contributed by atoms with van der Waals surface area (Å²) >= 11 is 0. The Morgan fingerprint density at radius 1 is 1.58 bits per heavy atom. The average molecular weight is 169 g/mol. The van der Waals surface area contributed by atoms with Crippen molar-refractivity contribution in [2.75, 3.05) is 6.54 Å². The maximum Gasteiger partial charge on any atom is 0.218 e. The summed E-state index contributed by atoms with van der Waals surface area (Å²) in [4.78, 5) is 10.5. The molecule has 0 saturated carbocycles. The molecule has 1 amide bonds. The molecular weight excluding hydrogens is 158 g/mol. The van der Waals surface area contributed by atoms with Gasteiger partial charge in [-0.25, -0.2) is 0 Å². The second-order valence-corrected chi connectivity index (χ2v) is 2.45. The zero-order chi connectivity index (χ0) is 8.97. The summed E-state index contributed by atoms with van der Waals surface area (Å²) in [5, 5.41) is 10.1. The maximum atomic E-state index is 10.5. The first kappa shape index (κ1) is 8.70. The summed E-state index contributed by atoms with van der Waals surface area (Å²) in [6.07, 6.45) is 0.584. The SMILES string of the molecule is CC(=O)NCCc1nnc(C)o1. The summed E-state index contributed by atoms with van der Waals surface area (Å²) < 4.78 is 5.09. The van der Waals surface area contributed by atoms with Crippen LogP contribution in [0.3, 0.4) is 0 Å². The summed E-state index contributed by atoms with van der Waals surface area (Å²) in [7, 11) is 0. The first-order valence-electron chi connectivity index (χ1n) is 3.72. The van der Waals surface area contributed by atoms with E-state index in [-0.39, 0.29) is 5.91 Å². The van der Waals surface area contributed by atoms with Crippen LogP contribution >= 0.6 is 0 Å². The maximum absolute atomic E-state index is 10.5. The minimum absolute atomic E-state index is 0.0498. The fourth-order valence-electron chi connectivity index (χ4n) is 0.784. The number of nitrogens with one attached hydrogen (secondary N) is 1. The quantitative estimate of drug-likeness (QED) is 0.694. The topological polar surface area (TPSA) is 68.0 Å². The van der Waals surface area contributed by atoms with E-state index in [9.17, 15) is 4.79 Å². The summed E-state index contributed by atoms with van der Waals surface area (Å²) in [6.45, 7) is 3.74. The summed E-state index contributed by atoms with van der Waals surface area (Å²) in [5.74, 6) is 1.06. The molecular formula is C7H11N3O2. The number of nitrogens with zero attached hydrogens (tertiary/aromatic N) is 2. The number of hydrogen-bond donors (Lipinski definition) is 1. The van der Waals surface area contributed by atoms with Crippen molar-refractivity contribution in [3.05, 3.63) is 11.8 Å². The molecule has 0 fully saturated rings. The number of aromatic nitrogens is 2. The summed E-state index contributed by atoms with van der Waals surface area (Å²) in [5.41, 5.74) is 0. The van der Waals surface area contributed by atoms with E-state index in [0.717, 1.165) is 0 Å². The minimum atomic E-state index is -0.0498. The van der Waals surface area contributed by atoms with Gasteiger partial charge < -0.3 is 9.73 Å². The molecule has 1 aromatic rings. The molecule has 0 aliphatic carbocycles. The van der Waals surface area contributed by atoms with Gasteiger partial charge in [-0.3, -0.25) is 4.79 Å². The van der Waals surface area contributed by atoms with Gasteiger partial charge in [-0.2, -0.15) is 0 Å². The Bertz CT molecular complexity index is 269. The highest BCUT2D eigenvalue weighted by Crippen LogP contribution is 1.96. The van der Waals surface area contributed by atoms with Crippen molar-refractivity contribution in [3.63, 3.8) is 0 Å². The molecule has 12 heavy (non-hydrogen) atoms. The van der Waals surface area contributed by atoms with Crippen LogP contribution in [0.15, 0.2) is 4.42 Å². The number of carbonyl (C=O) groups is 1. The Labute approximate surface area is 70.2 Å². The first-order valence-corrected chi connectivity index (χ1v) is 3.72. The predicted octanol–water partition coefficient (Wildman–Crippen LogP) is 0.0566. The van der Waals surface area contributed by atoms with Gasteiger partial charge in [-0.1, -0.05) is 0 Å². The number of hydrogen-bond acceptors (Lipinski definition) is 4. The van der Waals surface area contributed by atoms with E-state index in [1.54, 1.807) is 6.92 Å². The largest absolute Gasteiger partial charge is 0.426 e. The van der Waals surface area contributed by atoms with E-state index in [0.29, 0.717) is 24.7 Å². The Balaban J connectivity index is 2.29. The normalized spacial score (nSPS) is 9.83. The number of aryl methyl sites for hydroxylation is 1. The van der Waals surface area contributed by atoms with E-state index in [1.807, 2.05) is 0 Å². The van der Waals surface area contributed by atoms with E-state index in [1.165, 1.54) is 6.92 Å². The monoisotopic (exact) mass is 169 g/mol. The fourth-order valence-corrected chi connectivity index (χ4v) is 0.784. The van der Waals surface area contributed by atoms with Gasteiger partial charge in [0, 0.05) is 26.8 Å². The third-order valence-electron chi connectivity index (χ3n) is 1.28. The number of amides is 1. The molecule has 5 heteroatoms. The predicted molar refractivity (Wildman–Crippen MR) is 41.4 cm³/mol. The molecule has 0 atom stereocenters. The third kappa shape index (κ3) is 2.69. The zero-order valence-corrected chi connectivity index (χ0v) is 7.13. The van der Waals surface area contributed by atoms with E-state index < -0.39 is 0 Å². The van der Waals surface area contributed by atoms with Crippen molar-refractivity contribution >= 4 is 5.91 Å². The Morgan fingerprint density at radius 3 is 2.83 bits per heavy atom. The van der Waals surface area contributed by atoms with Gasteiger partial charge >= 0.3 is 0 Å². The smallest absolute Gasteiger partial charge is 0.218 e. The van der Waals surface area contributed by atoms with Crippen LogP contribution in [-0.2, 0) is 11.2 Å². The molecule has 0 bridgehead atoms. The number of rotatable bonds is 3. The van der Waals surface area contributed by atoms with Crippen LogP contribution in [0.4, 0.5) is 0 Å². The molecule has 1 N–H and O–H groups in total. The van der Waals surface area contributed by atoms with Crippen LogP contribution in [0.5, 0.6) is 0 Å². The first-order chi connectivity index (χ1) is 5.68. The van der Waals surface area contributed by atoms with Crippen molar-refractivity contribution < 1.29 is 9.21 Å². The lowest BCUT2D eigenvalue weighted by atomic mass is 10.4. The molecule has 0 spiro atoms. The van der Waals surface area contributed by atoms with Gasteiger partial charge in [0.25, 0.3) is 0 Å². The van der Waals surface area contributed by atoms with Crippen molar-refractivity contribution in [3.8, 4) is 0 Å². The highest BCUT2D eigenvalue weighted by molar-refractivity contribution is 5.72. The molecule has 0 aliphatic heterocycles. The Hall–Kier alpha value is -1.39. The van der Waals surface area contributed by atoms with Crippen molar-refractivity contribution in [2.24, 2.45) is 0 Å². The van der Waals surface area contributed by atoms with Crippen LogP contribution in [0, 0.1) is 6.92 Å². The molecule has 1 heterocycles. The third-order valence-corrected chi connectivity index (χ3v) is 1.28. The van der Waals surface area contributed by atoms with Crippen molar-refractivity contribution in [1.82, 2.24) is 15.5 Å². The van der Waals surface area contributed by atoms with Gasteiger partial charge in [0.2, 0.25) is 17.7 Å². The fraction of sp³-hybridized carbons (Fsp3) is 0.571. The van der Waals surface area contributed by atoms with Gasteiger partial charge in [0.05, 0.1) is 0 Å². The van der Waals surface area contributed by atoms with Gasteiger partial charge in [-0.05, 0) is 0 Å². The van der Waals surface area contributed by atoms with E-state index in [4.69, 9.17) is 4.42 Å². The van der Waals surface area contributed by atoms with Crippen LogP contribution in [0.25, 0.3) is 0 Å². The Morgan fingerprint density at radius 2 is 2.33 bits per heavy atom. The molecule has 0 saturated heterocycles. The number of carbonyl (C=O) groups excluding carboxylic acids is 1. The van der Waals surface area contributed by atoms with E-state index in [2.05, 4.69) is 15.5 Å². The van der Waals surface area contributed by atoms with Crippen LogP contribution in [0.1, 0.15) is 18.7 Å². The lowest BCUT2D eigenvalue weighted by Crippen LogP contribution is -2.22. The highest BCUT2D eigenvalue weighted by atomic mass is 16.4.